The van der Waals surface area contributed by atoms with Gasteiger partial charge >= 0.3 is 0 Å². The second-order valence-electron chi connectivity index (χ2n) is 6.65. The van der Waals surface area contributed by atoms with Gasteiger partial charge in [-0.25, -0.2) is 4.98 Å². The molecule has 2 heterocycles. The smallest absolute Gasteiger partial charge is 0.205 e. The zero-order chi connectivity index (χ0) is 17.2. The minimum atomic E-state index is 0.631. The van der Waals surface area contributed by atoms with Crippen molar-refractivity contribution in [3.05, 3.63) is 29.6 Å². The maximum Gasteiger partial charge on any atom is 0.205 e. The van der Waals surface area contributed by atoms with Crippen LogP contribution in [0.1, 0.15) is 30.1 Å². The van der Waals surface area contributed by atoms with Gasteiger partial charge in [-0.3, -0.25) is 4.90 Å². The maximum absolute atomic E-state index is 5.50. The van der Waals surface area contributed by atoms with E-state index in [9.17, 15) is 0 Å². The van der Waals surface area contributed by atoms with Crippen LogP contribution in [0.3, 0.4) is 0 Å². The quantitative estimate of drug-likeness (QED) is 0.790. The molecule has 0 atom stereocenters. The highest BCUT2D eigenvalue weighted by Crippen LogP contribution is 2.39. The minimum Gasteiger partial charge on any atom is -0.497 e. The fourth-order valence-corrected chi connectivity index (χ4v) is 4.00. The van der Waals surface area contributed by atoms with Crippen LogP contribution in [0.25, 0.3) is 0 Å². The molecule has 4 rings (SSSR count). The average Bonchev–Trinajstić information content (AvgIpc) is 3.39. The van der Waals surface area contributed by atoms with Gasteiger partial charge in [0, 0.05) is 55.7 Å². The van der Waals surface area contributed by atoms with Crippen molar-refractivity contribution < 1.29 is 9.47 Å². The molecule has 1 aromatic carbocycles. The molecule has 7 heteroatoms. The summed E-state index contributed by atoms with van der Waals surface area (Å²) in [5.41, 5.74) is 1.17. The number of aromatic nitrogens is 2. The fraction of sp³-hybridized carbons (Fsp3) is 0.556. The predicted molar refractivity (Wildman–Crippen MR) is 98.9 cm³/mol. The third kappa shape index (κ3) is 3.72. The number of hydrogen-bond donors (Lipinski definition) is 0. The number of methoxy groups -OCH3 is 2. The van der Waals surface area contributed by atoms with Gasteiger partial charge in [-0.15, -0.1) is 0 Å². The average molecular weight is 360 g/mol. The highest BCUT2D eigenvalue weighted by Gasteiger charge is 2.29. The van der Waals surface area contributed by atoms with E-state index >= 15 is 0 Å². The standard InChI is InChI=1S/C18H24N4O2S/c1-23-15-5-6-16(24-2)14(11-15)12-21-7-9-22(10-8-21)18-19-17(20-25-18)13-3-4-13/h5-6,11,13H,3-4,7-10,12H2,1-2H3. The first-order valence-corrected chi connectivity index (χ1v) is 9.56. The number of nitrogens with zero attached hydrogens (tertiary/aromatic N) is 4. The Balaban J connectivity index is 1.37. The van der Waals surface area contributed by atoms with Gasteiger partial charge in [0.05, 0.1) is 14.2 Å². The summed E-state index contributed by atoms with van der Waals surface area (Å²) >= 11 is 1.55. The lowest BCUT2D eigenvalue weighted by Gasteiger charge is -2.34. The molecule has 1 saturated carbocycles. The molecule has 2 aliphatic rings. The molecule has 1 aromatic heterocycles. The zero-order valence-electron chi connectivity index (χ0n) is 14.8. The molecular weight excluding hydrogens is 336 g/mol. The predicted octanol–water partition coefficient (Wildman–Crippen LogP) is 2.75. The topological polar surface area (TPSA) is 50.7 Å². The van der Waals surface area contributed by atoms with Crippen molar-refractivity contribution in [2.24, 2.45) is 0 Å². The van der Waals surface area contributed by atoms with Gasteiger partial charge in [0.1, 0.15) is 17.3 Å². The largest absolute Gasteiger partial charge is 0.497 e. The normalized spacial score (nSPS) is 18.4. The Morgan fingerprint density at radius 3 is 2.60 bits per heavy atom. The van der Waals surface area contributed by atoms with E-state index in [0.717, 1.165) is 55.2 Å². The molecule has 25 heavy (non-hydrogen) atoms. The van der Waals surface area contributed by atoms with Crippen molar-refractivity contribution in [1.82, 2.24) is 14.3 Å². The van der Waals surface area contributed by atoms with E-state index in [1.165, 1.54) is 18.4 Å². The number of ether oxygens (including phenoxy) is 2. The Morgan fingerprint density at radius 2 is 1.92 bits per heavy atom. The van der Waals surface area contributed by atoms with Crippen LogP contribution in [0, 0.1) is 0 Å². The number of piperazine rings is 1. The van der Waals surface area contributed by atoms with E-state index in [4.69, 9.17) is 14.5 Å². The van der Waals surface area contributed by atoms with E-state index in [1.807, 2.05) is 12.1 Å². The van der Waals surface area contributed by atoms with Crippen LogP contribution in [-0.2, 0) is 6.54 Å². The molecule has 6 nitrogen and oxygen atoms in total. The Hall–Kier alpha value is -1.86. The summed E-state index contributed by atoms with van der Waals surface area (Å²) < 4.78 is 15.4. The summed E-state index contributed by atoms with van der Waals surface area (Å²) in [5, 5.41) is 1.08. The number of benzene rings is 1. The van der Waals surface area contributed by atoms with Crippen LogP contribution in [0.2, 0.25) is 0 Å². The van der Waals surface area contributed by atoms with Gasteiger partial charge in [-0.1, -0.05) is 0 Å². The lowest BCUT2D eigenvalue weighted by atomic mass is 10.1. The van der Waals surface area contributed by atoms with E-state index in [1.54, 1.807) is 25.8 Å². The third-order valence-electron chi connectivity index (χ3n) is 4.90. The number of rotatable bonds is 6. The molecule has 1 aliphatic heterocycles. The van der Waals surface area contributed by atoms with Crippen molar-refractivity contribution in [3.8, 4) is 11.5 Å². The third-order valence-corrected chi connectivity index (χ3v) is 5.69. The van der Waals surface area contributed by atoms with Gasteiger partial charge in [0.2, 0.25) is 5.13 Å². The molecular formula is C18H24N4O2S. The molecule has 2 aromatic rings. The molecule has 0 unspecified atom stereocenters. The summed E-state index contributed by atoms with van der Waals surface area (Å²) in [4.78, 5) is 9.55. The monoisotopic (exact) mass is 360 g/mol. The summed E-state index contributed by atoms with van der Waals surface area (Å²) in [6.07, 6.45) is 2.51. The summed E-state index contributed by atoms with van der Waals surface area (Å²) in [7, 11) is 3.42. The van der Waals surface area contributed by atoms with Gasteiger partial charge in [-0.2, -0.15) is 4.37 Å². The SMILES string of the molecule is COc1ccc(OC)c(CN2CCN(c3nc(C4CC4)ns3)CC2)c1. The fourth-order valence-electron chi connectivity index (χ4n) is 3.21. The lowest BCUT2D eigenvalue weighted by molar-refractivity contribution is 0.245. The first-order chi connectivity index (χ1) is 12.3. The summed E-state index contributed by atoms with van der Waals surface area (Å²) in [6.45, 7) is 4.88. The highest BCUT2D eigenvalue weighted by molar-refractivity contribution is 7.09. The number of hydrogen-bond acceptors (Lipinski definition) is 7. The van der Waals surface area contributed by atoms with Crippen LogP contribution in [0.5, 0.6) is 11.5 Å². The van der Waals surface area contributed by atoms with E-state index in [0.29, 0.717) is 5.92 Å². The van der Waals surface area contributed by atoms with Crippen LogP contribution in [0.15, 0.2) is 18.2 Å². The summed E-state index contributed by atoms with van der Waals surface area (Å²) in [6, 6.07) is 5.98. The molecule has 1 aliphatic carbocycles. The van der Waals surface area contributed by atoms with E-state index < -0.39 is 0 Å². The first kappa shape index (κ1) is 16.6. The van der Waals surface area contributed by atoms with Gasteiger partial charge < -0.3 is 14.4 Å². The highest BCUT2D eigenvalue weighted by atomic mass is 32.1. The van der Waals surface area contributed by atoms with Crippen LogP contribution >= 0.6 is 11.5 Å². The molecule has 0 spiro atoms. The van der Waals surface area contributed by atoms with Crippen molar-refractivity contribution >= 4 is 16.7 Å². The zero-order valence-corrected chi connectivity index (χ0v) is 15.6. The van der Waals surface area contributed by atoms with Crippen molar-refractivity contribution in [2.45, 2.75) is 25.3 Å². The number of anilines is 1. The van der Waals surface area contributed by atoms with Crippen molar-refractivity contribution in [2.75, 3.05) is 45.3 Å². The van der Waals surface area contributed by atoms with Gasteiger partial charge in [0.25, 0.3) is 0 Å². The van der Waals surface area contributed by atoms with Crippen LogP contribution in [0.4, 0.5) is 5.13 Å². The molecule has 1 saturated heterocycles. The Kier molecular flexibility index (Phi) is 4.76. The van der Waals surface area contributed by atoms with Gasteiger partial charge in [-0.05, 0) is 31.0 Å². The Labute approximate surface area is 152 Å². The second kappa shape index (κ2) is 7.17. The Morgan fingerprint density at radius 1 is 1.12 bits per heavy atom. The molecule has 2 fully saturated rings. The molecule has 0 N–H and O–H groups in total. The maximum atomic E-state index is 5.50. The Bertz CT molecular complexity index is 724. The molecule has 0 bridgehead atoms. The van der Waals surface area contributed by atoms with Crippen LogP contribution in [-0.4, -0.2) is 54.7 Å². The van der Waals surface area contributed by atoms with Crippen molar-refractivity contribution in [1.29, 1.82) is 0 Å². The minimum absolute atomic E-state index is 0.631. The van der Waals surface area contributed by atoms with E-state index in [2.05, 4.69) is 20.2 Å². The summed E-state index contributed by atoms with van der Waals surface area (Å²) in [5.74, 6) is 3.48. The van der Waals surface area contributed by atoms with E-state index in [-0.39, 0.29) is 0 Å². The molecule has 134 valence electrons. The second-order valence-corrected chi connectivity index (χ2v) is 7.38. The molecule has 0 radical (unpaired) electrons. The van der Waals surface area contributed by atoms with Gasteiger partial charge in [0.15, 0.2) is 0 Å². The lowest BCUT2D eigenvalue weighted by Crippen LogP contribution is -2.46. The van der Waals surface area contributed by atoms with Crippen LogP contribution < -0.4 is 14.4 Å². The molecule has 0 amide bonds. The first-order valence-electron chi connectivity index (χ1n) is 8.78. The van der Waals surface area contributed by atoms with Crippen molar-refractivity contribution in [3.63, 3.8) is 0 Å².